The third-order valence-corrected chi connectivity index (χ3v) is 3.83. The largest absolute Gasteiger partial charge is 0.361 e. The second-order valence-corrected chi connectivity index (χ2v) is 5.48. The van der Waals surface area contributed by atoms with Crippen LogP contribution in [-0.2, 0) is 11.2 Å². The van der Waals surface area contributed by atoms with E-state index in [1.807, 2.05) is 30.5 Å². The highest BCUT2D eigenvalue weighted by molar-refractivity contribution is 5.91. The van der Waals surface area contributed by atoms with E-state index in [9.17, 15) is 18.0 Å². The van der Waals surface area contributed by atoms with Crippen LogP contribution >= 0.6 is 0 Å². The van der Waals surface area contributed by atoms with Crippen molar-refractivity contribution in [2.45, 2.75) is 19.3 Å². The number of carbonyl (C=O) groups excluding carboxylic acids is 1. The van der Waals surface area contributed by atoms with Crippen LogP contribution in [0, 0.1) is 17.5 Å². The lowest BCUT2D eigenvalue weighted by Gasteiger charge is -2.07. The number of amides is 1. The number of benzene rings is 2. The summed E-state index contributed by atoms with van der Waals surface area (Å²) in [6.07, 6.45) is 3.28. The molecule has 1 aromatic heterocycles. The Morgan fingerprint density at radius 1 is 1.04 bits per heavy atom. The SMILES string of the molecule is O=C(CCCc1c[nH]c2ccccc12)Nc1ccc(F)c(F)c1F. The molecular formula is C18H15F3N2O. The molecule has 3 nitrogen and oxygen atoms in total. The molecular weight excluding hydrogens is 317 g/mol. The first kappa shape index (κ1) is 16.1. The zero-order valence-corrected chi connectivity index (χ0v) is 12.7. The average molecular weight is 332 g/mol. The van der Waals surface area contributed by atoms with Crippen molar-refractivity contribution in [3.05, 3.63) is 65.6 Å². The maximum absolute atomic E-state index is 13.5. The van der Waals surface area contributed by atoms with Crippen molar-refractivity contribution in [2.24, 2.45) is 0 Å². The molecule has 6 heteroatoms. The van der Waals surface area contributed by atoms with E-state index in [1.54, 1.807) is 0 Å². The fraction of sp³-hybridized carbons (Fsp3) is 0.167. The molecule has 0 spiro atoms. The lowest BCUT2D eigenvalue weighted by Crippen LogP contribution is -2.13. The first-order chi connectivity index (χ1) is 11.6. The summed E-state index contributed by atoms with van der Waals surface area (Å²) in [5.41, 5.74) is 1.77. The minimum absolute atomic E-state index is 0.151. The van der Waals surface area contributed by atoms with E-state index in [2.05, 4.69) is 10.3 Å². The van der Waals surface area contributed by atoms with Gasteiger partial charge in [-0.3, -0.25) is 4.79 Å². The Bertz CT molecular complexity index is 889. The number of halogens is 3. The summed E-state index contributed by atoms with van der Waals surface area (Å²) in [6, 6.07) is 9.63. The van der Waals surface area contributed by atoms with E-state index in [0.717, 1.165) is 28.6 Å². The number of aryl methyl sites for hydroxylation is 1. The number of hydrogen-bond donors (Lipinski definition) is 2. The molecule has 0 atom stereocenters. The van der Waals surface area contributed by atoms with Crippen LogP contribution in [0.2, 0.25) is 0 Å². The first-order valence-corrected chi connectivity index (χ1v) is 7.54. The van der Waals surface area contributed by atoms with Gasteiger partial charge in [-0.15, -0.1) is 0 Å². The molecule has 0 aliphatic carbocycles. The Morgan fingerprint density at radius 3 is 2.67 bits per heavy atom. The number of rotatable bonds is 5. The van der Waals surface area contributed by atoms with Crippen molar-refractivity contribution in [1.82, 2.24) is 4.98 Å². The van der Waals surface area contributed by atoms with Crippen LogP contribution in [0.3, 0.4) is 0 Å². The van der Waals surface area contributed by atoms with Crippen molar-refractivity contribution >= 4 is 22.5 Å². The summed E-state index contributed by atoms with van der Waals surface area (Å²) in [5.74, 6) is -4.71. The Morgan fingerprint density at radius 2 is 1.83 bits per heavy atom. The van der Waals surface area contributed by atoms with Crippen LogP contribution < -0.4 is 5.32 Å². The third kappa shape index (κ3) is 3.27. The molecule has 0 aliphatic heterocycles. The minimum Gasteiger partial charge on any atom is -0.361 e. The lowest BCUT2D eigenvalue weighted by atomic mass is 10.1. The van der Waals surface area contributed by atoms with Crippen molar-refractivity contribution < 1.29 is 18.0 Å². The van der Waals surface area contributed by atoms with Gasteiger partial charge in [-0.25, -0.2) is 13.2 Å². The summed E-state index contributed by atoms with van der Waals surface area (Å²) in [7, 11) is 0. The quantitative estimate of drug-likeness (QED) is 0.662. The van der Waals surface area contributed by atoms with Crippen LogP contribution in [0.1, 0.15) is 18.4 Å². The molecule has 124 valence electrons. The number of nitrogens with one attached hydrogen (secondary N) is 2. The van der Waals surface area contributed by atoms with E-state index < -0.39 is 23.4 Å². The second kappa shape index (κ2) is 6.78. The first-order valence-electron chi connectivity index (χ1n) is 7.54. The van der Waals surface area contributed by atoms with E-state index in [0.29, 0.717) is 12.8 Å². The topological polar surface area (TPSA) is 44.9 Å². The van der Waals surface area contributed by atoms with Crippen molar-refractivity contribution in [1.29, 1.82) is 0 Å². The standard InChI is InChI=1S/C18H15F3N2O/c19-13-8-9-15(18(21)17(13)20)23-16(24)7-3-4-11-10-22-14-6-2-1-5-12(11)14/h1-2,5-6,8-10,22H,3-4,7H2,(H,23,24). The van der Waals surface area contributed by atoms with Gasteiger partial charge >= 0.3 is 0 Å². The maximum atomic E-state index is 13.5. The van der Waals surface area contributed by atoms with Crippen LogP contribution in [0.25, 0.3) is 10.9 Å². The number of H-pyrrole nitrogens is 1. The molecule has 2 aromatic carbocycles. The smallest absolute Gasteiger partial charge is 0.224 e. The Kier molecular flexibility index (Phi) is 4.55. The Hall–Kier alpha value is -2.76. The molecule has 1 amide bonds. The highest BCUT2D eigenvalue weighted by Crippen LogP contribution is 2.21. The highest BCUT2D eigenvalue weighted by atomic mass is 19.2. The molecule has 0 fully saturated rings. The summed E-state index contributed by atoms with van der Waals surface area (Å²) in [5, 5.41) is 3.37. The molecule has 3 aromatic rings. The fourth-order valence-corrected chi connectivity index (χ4v) is 2.61. The summed E-state index contributed by atoms with van der Waals surface area (Å²) in [4.78, 5) is 15.0. The van der Waals surface area contributed by atoms with Gasteiger partial charge in [0, 0.05) is 23.5 Å². The molecule has 2 N–H and O–H groups in total. The van der Waals surface area contributed by atoms with Gasteiger partial charge < -0.3 is 10.3 Å². The number of aromatic nitrogens is 1. The zero-order chi connectivity index (χ0) is 17.1. The number of carbonyl (C=O) groups is 1. The fourth-order valence-electron chi connectivity index (χ4n) is 2.61. The number of hydrogen-bond acceptors (Lipinski definition) is 1. The van der Waals surface area contributed by atoms with Gasteiger partial charge in [0.25, 0.3) is 0 Å². The molecule has 1 heterocycles. The lowest BCUT2D eigenvalue weighted by molar-refractivity contribution is -0.116. The van der Waals surface area contributed by atoms with Gasteiger partial charge in [0.15, 0.2) is 17.5 Å². The van der Waals surface area contributed by atoms with Gasteiger partial charge in [-0.1, -0.05) is 18.2 Å². The molecule has 0 aliphatic rings. The second-order valence-electron chi connectivity index (χ2n) is 5.48. The zero-order valence-electron chi connectivity index (χ0n) is 12.7. The molecule has 0 radical (unpaired) electrons. The Labute approximate surface area is 136 Å². The molecule has 3 rings (SSSR count). The van der Waals surface area contributed by atoms with Gasteiger partial charge in [0.05, 0.1) is 5.69 Å². The highest BCUT2D eigenvalue weighted by Gasteiger charge is 2.15. The summed E-state index contributed by atoms with van der Waals surface area (Å²) >= 11 is 0. The van der Waals surface area contributed by atoms with Crippen molar-refractivity contribution in [3.8, 4) is 0 Å². The maximum Gasteiger partial charge on any atom is 0.224 e. The van der Waals surface area contributed by atoms with Crippen LogP contribution in [0.4, 0.5) is 18.9 Å². The summed E-state index contributed by atoms with van der Waals surface area (Å²) in [6.45, 7) is 0. The molecule has 0 unspecified atom stereocenters. The number of anilines is 1. The van der Waals surface area contributed by atoms with E-state index in [4.69, 9.17) is 0 Å². The average Bonchev–Trinajstić information content (AvgIpc) is 2.99. The minimum atomic E-state index is -1.59. The number of aromatic amines is 1. The third-order valence-electron chi connectivity index (χ3n) is 3.83. The van der Waals surface area contributed by atoms with E-state index >= 15 is 0 Å². The molecule has 0 bridgehead atoms. The van der Waals surface area contributed by atoms with Gasteiger partial charge in [-0.05, 0) is 36.6 Å². The predicted octanol–water partition coefficient (Wildman–Crippen LogP) is 4.55. The van der Waals surface area contributed by atoms with Crippen molar-refractivity contribution in [2.75, 3.05) is 5.32 Å². The number of fused-ring (bicyclic) bond motifs is 1. The normalized spacial score (nSPS) is 11.0. The van der Waals surface area contributed by atoms with Crippen LogP contribution in [0.15, 0.2) is 42.6 Å². The Balaban J connectivity index is 1.57. The summed E-state index contributed by atoms with van der Waals surface area (Å²) < 4.78 is 39.5. The molecule has 0 saturated carbocycles. The monoisotopic (exact) mass is 332 g/mol. The van der Waals surface area contributed by atoms with Gasteiger partial charge in [-0.2, -0.15) is 0 Å². The van der Waals surface area contributed by atoms with E-state index in [-0.39, 0.29) is 12.1 Å². The molecule has 0 saturated heterocycles. The molecule has 24 heavy (non-hydrogen) atoms. The predicted molar refractivity (Wildman–Crippen MR) is 86.2 cm³/mol. The van der Waals surface area contributed by atoms with E-state index in [1.165, 1.54) is 0 Å². The van der Waals surface area contributed by atoms with Gasteiger partial charge in [0.2, 0.25) is 5.91 Å². The van der Waals surface area contributed by atoms with Crippen LogP contribution in [0.5, 0.6) is 0 Å². The van der Waals surface area contributed by atoms with Crippen LogP contribution in [-0.4, -0.2) is 10.9 Å². The number of para-hydroxylation sites is 1. The van der Waals surface area contributed by atoms with Gasteiger partial charge in [0.1, 0.15) is 0 Å². The van der Waals surface area contributed by atoms with Crippen molar-refractivity contribution in [3.63, 3.8) is 0 Å².